The van der Waals surface area contributed by atoms with Crippen LogP contribution >= 0.6 is 0 Å². The fourth-order valence-electron chi connectivity index (χ4n) is 3.69. The van der Waals surface area contributed by atoms with E-state index in [9.17, 15) is 18.0 Å². The molecule has 2 aliphatic rings. The van der Waals surface area contributed by atoms with Crippen LogP contribution in [0, 0.1) is 0 Å². The van der Waals surface area contributed by atoms with Gasteiger partial charge in [-0.2, -0.15) is 0 Å². The van der Waals surface area contributed by atoms with E-state index in [1.54, 1.807) is 17.0 Å². The van der Waals surface area contributed by atoms with Gasteiger partial charge in [-0.15, -0.1) is 0 Å². The van der Waals surface area contributed by atoms with Gasteiger partial charge in [0.15, 0.2) is 0 Å². The van der Waals surface area contributed by atoms with Gasteiger partial charge in [0.1, 0.15) is 11.4 Å². The Bertz CT molecular complexity index is 1070. The molecule has 30 heavy (non-hydrogen) atoms. The van der Waals surface area contributed by atoms with Gasteiger partial charge < -0.3 is 4.90 Å². The second-order valence-electron chi connectivity index (χ2n) is 7.31. The number of carbonyl (C=O) groups excluding carboxylic acids is 2. The maximum absolute atomic E-state index is 12.7. The highest BCUT2D eigenvalue weighted by atomic mass is 32.2. The van der Waals surface area contributed by atoms with E-state index in [0.717, 1.165) is 12.1 Å². The first-order chi connectivity index (χ1) is 14.5. The lowest BCUT2D eigenvalue weighted by Crippen LogP contribution is -2.51. The van der Waals surface area contributed by atoms with Crippen LogP contribution < -0.4 is 0 Å². The summed E-state index contributed by atoms with van der Waals surface area (Å²) in [5, 5.41) is 0. The molecule has 2 aromatic rings. The first-order valence-electron chi connectivity index (χ1n) is 9.84. The number of nitrogens with zero attached hydrogens (tertiary/aromatic N) is 3. The Morgan fingerprint density at radius 2 is 1.60 bits per heavy atom. The summed E-state index contributed by atoms with van der Waals surface area (Å²) in [6.45, 7) is 2.74. The minimum Gasteiger partial charge on any atom is -0.339 e. The second kappa shape index (κ2) is 8.41. The molecule has 1 fully saturated rings. The smallest absolute Gasteiger partial charge is 0.269 e. The van der Waals surface area contributed by atoms with Crippen LogP contribution in [0.25, 0.3) is 6.08 Å². The third-order valence-corrected chi connectivity index (χ3v) is 7.18. The first kappa shape index (κ1) is 20.3. The third-order valence-electron chi connectivity index (χ3n) is 5.39. The van der Waals surface area contributed by atoms with Gasteiger partial charge in [-0.3, -0.25) is 14.5 Å². The molecule has 2 aromatic carbocycles. The summed E-state index contributed by atoms with van der Waals surface area (Å²) in [5.41, 5.74) is 1.27. The van der Waals surface area contributed by atoms with Crippen LogP contribution in [0.1, 0.15) is 15.9 Å². The topological polar surface area (TPSA) is 78.0 Å². The molecule has 0 spiro atoms. The van der Waals surface area contributed by atoms with Gasteiger partial charge in [0.25, 0.3) is 15.9 Å². The molecule has 1 saturated heterocycles. The van der Waals surface area contributed by atoms with Gasteiger partial charge in [-0.1, -0.05) is 54.6 Å². The molecular weight excluding hydrogens is 402 g/mol. The monoisotopic (exact) mass is 425 g/mol. The SMILES string of the molecule is O=C(CN1C(=O)c2ccccc2S1(=O)=O)N1CCN(C/C=C/c2ccccc2)CC1. The summed E-state index contributed by atoms with van der Waals surface area (Å²) in [6.07, 6.45) is 4.17. The lowest BCUT2D eigenvalue weighted by atomic mass is 10.2. The number of carbonyl (C=O) groups is 2. The zero-order valence-corrected chi connectivity index (χ0v) is 17.3. The molecule has 0 unspecified atom stereocenters. The van der Waals surface area contributed by atoms with Crippen LogP contribution in [0.5, 0.6) is 0 Å². The average molecular weight is 426 g/mol. The van der Waals surface area contributed by atoms with Gasteiger partial charge in [0.2, 0.25) is 5.91 Å². The van der Waals surface area contributed by atoms with Crippen LogP contribution in [-0.2, 0) is 14.8 Å². The summed E-state index contributed by atoms with van der Waals surface area (Å²) in [4.78, 5) is 29.0. The second-order valence-corrected chi connectivity index (χ2v) is 9.14. The van der Waals surface area contributed by atoms with E-state index >= 15 is 0 Å². The van der Waals surface area contributed by atoms with E-state index in [-0.39, 0.29) is 16.4 Å². The van der Waals surface area contributed by atoms with Crippen molar-refractivity contribution in [2.75, 3.05) is 39.3 Å². The quantitative estimate of drug-likeness (QED) is 0.729. The van der Waals surface area contributed by atoms with E-state index in [0.29, 0.717) is 30.5 Å². The van der Waals surface area contributed by atoms with Gasteiger partial charge in [0, 0.05) is 32.7 Å². The van der Waals surface area contributed by atoms with Crippen molar-refractivity contribution in [1.82, 2.24) is 14.1 Å². The van der Waals surface area contributed by atoms with E-state index in [1.807, 2.05) is 30.3 Å². The highest BCUT2D eigenvalue weighted by Crippen LogP contribution is 2.29. The lowest BCUT2D eigenvalue weighted by Gasteiger charge is -2.34. The lowest BCUT2D eigenvalue weighted by molar-refractivity contribution is -0.132. The number of sulfonamides is 1. The molecule has 0 bridgehead atoms. The predicted octanol–water partition coefficient (Wildman–Crippen LogP) is 1.69. The van der Waals surface area contributed by atoms with Crippen LogP contribution in [0.15, 0.2) is 65.6 Å². The number of hydrogen-bond acceptors (Lipinski definition) is 5. The molecule has 0 radical (unpaired) electrons. The van der Waals surface area contributed by atoms with E-state index in [1.165, 1.54) is 12.1 Å². The molecule has 0 saturated carbocycles. The van der Waals surface area contributed by atoms with Gasteiger partial charge >= 0.3 is 0 Å². The van der Waals surface area contributed by atoms with Crippen LogP contribution in [0.2, 0.25) is 0 Å². The molecule has 0 atom stereocenters. The van der Waals surface area contributed by atoms with Crippen molar-refractivity contribution < 1.29 is 18.0 Å². The molecule has 0 aliphatic carbocycles. The molecular formula is C22H23N3O4S. The normalized spacial score (nSPS) is 18.7. The predicted molar refractivity (Wildman–Crippen MR) is 113 cm³/mol. The van der Waals surface area contributed by atoms with E-state index < -0.39 is 22.5 Å². The number of rotatable bonds is 5. The molecule has 7 nitrogen and oxygen atoms in total. The number of amides is 2. The maximum atomic E-state index is 12.7. The average Bonchev–Trinajstić information content (AvgIpc) is 2.96. The van der Waals surface area contributed by atoms with Crippen LogP contribution in [0.4, 0.5) is 0 Å². The fourth-order valence-corrected chi connectivity index (χ4v) is 5.21. The van der Waals surface area contributed by atoms with Crippen LogP contribution in [-0.4, -0.2) is 73.6 Å². The van der Waals surface area contributed by atoms with E-state index in [2.05, 4.69) is 17.1 Å². The number of hydrogen-bond donors (Lipinski definition) is 0. The minimum absolute atomic E-state index is 0.0298. The minimum atomic E-state index is -3.96. The highest BCUT2D eigenvalue weighted by molar-refractivity contribution is 7.90. The van der Waals surface area contributed by atoms with Crippen molar-refractivity contribution in [3.05, 3.63) is 71.8 Å². The molecule has 2 aliphatic heterocycles. The Hall–Kier alpha value is -2.97. The van der Waals surface area contributed by atoms with Crippen molar-refractivity contribution in [3.63, 3.8) is 0 Å². The molecule has 0 aromatic heterocycles. The van der Waals surface area contributed by atoms with Gasteiger partial charge in [-0.25, -0.2) is 12.7 Å². The number of benzene rings is 2. The Morgan fingerprint density at radius 1 is 0.933 bits per heavy atom. The molecule has 2 heterocycles. The van der Waals surface area contributed by atoms with Crippen molar-refractivity contribution in [1.29, 1.82) is 0 Å². The maximum Gasteiger partial charge on any atom is 0.269 e. The van der Waals surface area contributed by atoms with Gasteiger partial charge in [0.05, 0.1) is 5.56 Å². The van der Waals surface area contributed by atoms with Crippen molar-refractivity contribution in [3.8, 4) is 0 Å². The van der Waals surface area contributed by atoms with Crippen molar-refractivity contribution in [2.45, 2.75) is 4.90 Å². The standard InChI is InChI=1S/C22H23N3O4S/c26-21(17-25-22(27)19-10-4-5-11-20(19)30(25,28)29)24-15-13-23(14-16-24)12-6-9-18-7-2-1-3-8-18/h1-11H,12-17H2/b9-6+. The van der Waals surface area contributed by atoms with Crippen molar-refractivity contribution >= 4 is 27.9 Å². The Kier molecular flexibility index (Phi) is 5.69. The molecule has 4 rings (SSSR count). The highest BCUT2D eigenvalue weighted by Gasteiger charge is 2.42. The molecule has 8 heteroatoms. The zero-order chi connectivity index (χ0) is 21.1. The van der Waals surface area contributed by atoms with Crippen molar-refractivity contribution in [2.24, 2.45) is 0 Å². The summed E-state index contributed by atoms with van der Waals surface area (Å²) in [6, 6.07) is 16.1. The van der Waals surface area contributed by atoms with Gasteiger partial charge in [-0.05, 0) is 17.7 Å². The van der Waals surface area contributed by atoms with E-state index in [4.69, 9.17) is 0 Å². The Balaban J connectivity index is 1.31. The summed E-state index contributed by atoms with van der Waals surface area (Å²) in [5.74, 6) is -0.983. The zero-order valence-electron chi connectivity index (χ0n) is 16.5. The summed E-state index contributed by atoms with van der Waals surface area (Å²) < 4.78 is 25.9. The van der Waals surface area contributed by atoms with Crippen LogP contribution in [0.3, 0.4) is 0 Å². The largest absolute Gasteiger partial charge is 0.339 e. The molecule has 0 N–H and O–H groups in total. The third kappa shape index (κ3) is 4.01. The molecule has 2 amide bonds. The number of fused-ring (bicyclic) bond motifs is 1. The Morgan fingerprint density at radius 3 is 2.30 bits per heavy atom. The summed E-state index contributed by atoms with van der Waals surface area (Å²) >= 11 is 0. The first-order valence-corrected chi connectivity index (χ1v) is 11.3. The fraction of sp³-hybridized carbons (Fsp3) is 0.273. The Labute approximate surface area is 176 Å². The summed E-state index contributed by atoms with van der Waals surface area (Å²) in [7, 11) is -3.96. The molecule has 156 valence electrons. The number of piperazine rings is 1.